The van der Waals surface area contributed by atoms with Crippen molar-refractivity contribution in [2.24, 2.45) is 5.92 Å². The lowest BCUT2D eigenvalue weighted by Crippen LogP contribution is -2.56. The third-order valence-corrected chi connectivity index (χ3v) is 4.86. The second kappa shape index (κ2) is 10.6. The molecule has 2 unspecified atom stereocenters. The fourth-order valence-corrected chi connectivity index (χ4v) is 3.29. The first kappa shape index (κ1) is 24.2. The van der Waals surface area contributed by atoms with E-state index in [1.807, 2.05) is 20.8 Å². The highest BCUT2D eigenvalue weighted by Gasteiger charge is 2.35. The van der Waals surface area contributed by atoms with Crippen molar-refractivity contribution < 1.29 is 23.9 Å². The van der Waals surface area contributed by atoms with Crippen LogP contribution in [0.4, 0.5) is 4.79 Å². The Morgan fingerprint density at radius 1 is 1.32 bits per heavy atom. The number of nitrogens with one attached hydrogen (secondary N) is 2. The van der Waals surface area contributed by atoms with Gasteiger partial charge in [0.15, 0.2) is 0 Å². The van der Waals surface area contributed by atoms with Gasteiger partial charge >= 0.3 is 12.1 Å². The summed E-state index contributed by atoms with van der Waals surface area (Å²) in [7, 11) is 0. The second-order valence-electron chi connectivity index (χ2n) is 8.41. The van der Waals surface area contributed by atoms with Gasteiger partial charge in [-0.3, -0.25) is 9.59 Å². The van der Waals surface area contributed by atoms with Gasteiger partial charge in [0.25, 0.3) is 0 Å². The van der Waals surface area contributed by atoms with Crippen LogP contribution in [0.25, 0.3) is 0 Å². The fourth-order valence-electron chi connectivity index (χ4n) is 3.29. The van der Waals surface area contributed by atoms with Gasteiger partial charge in [0, 0.05) is 12.6 Å². The number of alkyl carbamates (subject to hydrolysis) is 1. The fraction of sp³-hybridized carbons (Fsp3) is 0.850. The Kier molecular flexibility index (Phi) is 9.20. The average molecular weight is 400 g/mol. The number of amides is 2. The molecule has 2 N–H and O–H groups in total. The molecule has 162 valence electrons. The smallest absolute Gasteiger partial charge is 0.407 e. The molecule has 4 atom stereocenters. The standard InChI is InChI=1S/C20H37N3O5/c1-8-13(3)17(22-19(26)28-20(5,6)7)15-10-11-23(12-16(24)27-9-2)18(25)14(4)21-15/h13-15,17,21H,8-12H2,1-7H3,(H,22,26)/t13?,14-,15?,17-/m0/s1. The molecule has 0 aromatic heterocycles. The van der Waals surface area contributed by atoms with Crippen LogP contribution in [0.3, 0.4) is 0 Å². The maximum absolute atomic E-state index is 12.6. The molecule has 1 aliphatic rings. The molecule has 0 aliphatic carbocycles. The molecule has 28 heavy (non-hydrogen) atoms. The quantitative estimate of drug-likeness (QED) is 0.636. The van der Waals surface area contributed by atoms with Crippen molar-refractivity contribution in [3.8, 4) is 0 Å². The monoisotopic (exact) mass is 399 g/mol. The van der Waals surface area contributed by atoms with Crippen LogP contribution in [0.1, 0.15) is 61.3 Å². The summed E-state index contributed by atoms with van der Waals surface area (Å²) < 4.78 is 10.4. The molecule has 1 heterocycles. The van der Waals surface area contributed by atoms with E-state index in [0.29, 0.717) is 13.0 Å². The van der Waals surface area contributed by atoms with Crippen LogP contribution in [0.15, 0.2) is 0 Å². The third-order valence-electron chi connectivity index (χ3n) is 4.86. The van der Waals surface area contributed by atoms with E-state index < -0.39 is 23.7 Å². The summed E-state index contributed by atoms with van der Waals surface area (Å²) >= 11 is 0. The lowest BCUT2D eigenvalue weighted by atomic mass is 9.90. The summed E-state index contributed by atoms with van der Waals surface area (Å²) in [4.78, 5) is 38.3. The van der Waals surface area contributed by atoms with Crippen molar-refractivity contribution in [3.05, 3.63) is 0 Å². The molecule has 2 amide bonds. The van der Waals surface area contributed by atoms with Crippen molar-refractivity contribution in [3.63, 3.8) is 0 Å². The Morgan fingerprint density at radius 2 is 1.96 bits per heavy atom. The topological polar surface area (TPSA) is 97.0 Å². The van der Waals surface area contributed by atoms with Gasteiger partial charge in [-0.15, -0.1) is 0 Å². The number of carbonyl (C=O) groups is 3. The molecule has 1 fully saturated rings. The van der Waals surface area contributed by atoms with Crippen molar-refractivity contribution in [1.29, 1.82) is 0 Å². The van der Waals surface area contributed by atoms with Gasteiger partial charge in [-0.05, 0) is 47.0 Å². The molecule has 0 spiro atoms. The normalized spacial score (nSPS) is 22.8. The number of ether oxygens (including phenoxy) is 2. The van der Waals surface area contributed by atoms with E-state index >= 15 is 0 Å². The molecular formula is C20H37N3O5. The molecule has 0 aromatic carbocycles. The molecule has 1 saturated heterocycles. The Balaban J connectivity index is 2.89. The van der Waals surface area contributed by atoms with Gasteiger partial charge in [0.1, 0.15) is 12.1 Å². The maximum Gasteiger partial charge on any atom is 0.407 e. The van der Waals surface area contributed by atoms with Crippen LogP contribution < -0.4 is 10.6 Å². The summed E-state index contributed by atoms with van der Waals surface area (Å²) in [6.45, 7) is 13.8. The molecule has 1 rings (SSSR count). The van der Waals surface area contributed by atoms with Crippen molar-refractivity contribution in [2.75, 3.05) is 19.7 Å². The zero-order valence-corrected chi connectivity index (χ0v) is 18.3. The Hall–Kier alpha value is -1.83. The van der Waals surface area contributed by atoms with Crippen LogP contribution in [-0.4, -0.2) is 66.3 Å². The summed E-state index contributed by atoms with van der Waals surface area (Å²) in [5.74, 6) is -0.369. The van der Waals surface area contributed by atoms with Crippen LogP contribution >= 0.6 is 0 Å². The average Bonchev–Trinajstić information content (AvgIpc) is 2.71. The minimum absolute atomic E-state index is 0.0566. The van der Waals surface area contributed by atoms with Gasteiger partial charge in [-0.2, -0.15) is 0 Å². The molecule has 8 nitrogen and oxygen atoms in total. The third kappa shape index (κ3) is 7.66. The first-order valence-corrected chi connectivity index (χ1v) is 10.2. The number of rotatable bonds is 7. The van der Waals surface area contributed by atoms with Crippen LogP contribution in [0, 0.1) is 5.92 Å². The highest BCUT2D eigenvalue weighted by molar-refractivity contribution is 5.85. The van der Waals surface area contributed by atoms with E-state index in [9.17, 15) is 14.4 Å². The van der Waals surface area contributed by atoms with E-state index in [-0.39, 0.29) is 37.1 Å². The largest absolute Gasteiger partial charge is 0.465 e. The van der Waals surface area contributed by atoms with Crippen LogP contribution in [0.2, 0.25) is 0 Å². The molecular weight excluding hydrogens is 362 g/mol. The summed E-state index contributed by atoms with van der Waals surface area (Å²) in [5, 5.41) is 6.32. The lowest BCUT2D eigenvalue weighted by Gasteiger charge is -2.33. The molecule has 8 heteroatoms. The number of hydrogen-bond donors (Lipinski definition) is 2. The van der Waals surface area contributed by atoms with Crippen molar-refractivity contribution >= 4 is 18.0 Å². The lowest BCUT2D eigenvalue weighted by molar-refractivity contribution is -0.149. The molecule has 0 aromatic rings. The van der Waals surface area contributed by atoms with Gasteiger partial charge in [-0.25, -0.2) is 4.79 Å². The predicted octanol–water partition coefficient (Wildman–Crippen LogP) is 2.07. The van der Waals surface area contributed by atoms with E-state index in [1.54, 1.807) is 13.8 Å². The zero-order chi connectivity index (χ0) is 21.5. The van der Waals surface area contributed by atoms with E-state index in [4.69, 9.17) is 9.47 Å². The molecule has 1 aliphatic heterocycles. The van der Waals surface area contributed by atoms with Crippen molar-refractivity contribution in [2.45, 2.75) is 85.0 Å². The van der Waals surface area contributed by atoms with Gasteiger partial charge in [-0.1, -0.05) is 20.3 Å². The first-order valence-electron chi connectivity index (χ1n) is 10.2. The number of nitrogens with zero attached hydrogens (tertiary/aromatic N) is 1. The predicted molar refractivity (Wildman–Crippen MR) is 107 cm³/mol. The van der Waals surface area contributed by atoms with Crippen molar-refractivity contribution in [1.82, 2.24) is 15.5 Å². The SMILES string of the molecule is CCOC(=O)CN1CCC([C@@H](NC(=O)OC(C)(C)C)C(C)CC)N[C@@H](C)C1=O. The van der Waals surface area contributed by atoms with Crippen LogP contribution in [-0.2, 0) is 19.1 Å². The Labute approximate surface area is 168 Å². The highest BCUT2D eigenvalue weighted by atomic mass is 16.6. The minimum atomic E-state index is -0.583. The van der Waals surface area contributed by atoms with Crippen LogP contribution in [0.5, 0.6) is 0 Å². The first-order chi connectivity index (χ1) is 13.0. The number of esters is 1. The van der Waals surface area contributed by atoms with E-state index in [0.717, 1.165) is 6.42 Å². The zero-order valence-electron chi connectivity index (χ0n) is 18.3. The highest BCUT2D eigenvalue weighted by Crippen LogP contribution is 2.19. The minimum Gasteiger partial charge on any atom is -0.465 e. The van der Waals surface area contributed by atoms with Gasteiger partial charge < -0.3 is 25.0 Å². The Morgan fingerprint density at radius 3 is 2.50 bits per heavy atom. The summed E-state index contributed by atoms with van der Waals surface area (Å²) in [6, 6.07) is -0.778. The number of carbonyl (C=O) groups excluding carboxylic acids is 3. The van der Waals surface area contributed by atoms with E-state index in [1.165, 1.54) is 4.90 Å². The number of hydrogen-bond acceptors (Lipinski definition) is 6. The summed E-state index contributed by atoms with van der Waals surface area (Å²) in [6.07, 6.45) is 1.01. The maximum atomic E-state index is 12.6. The van der Waals surface area contributed by atoms with Gasteiger partial charge in [0.05, 0.1) is 18.7 Å². The second-order valence-corrected chi connectivity index (χ2v) is 8.41. The van der Waals surface area contributed by atoms with Gasteiger partial charge in [0.2, 0.25) is 5.91 Å². The molecule has 0 radical (unpaired) electrons. The molecule has 0 bridgehead atoms. The molecule has 0 saturated carbocycles. The summed E-state index contributed by atoms with van der Waals surface area (Å²) in [5.41, 5.74) is -0.583. The Bertz CT molecular complexity index is 546. The van der Waals surface area contributed by atoms with E-state index in [2.05, 4.69) is 24.5 Å².